The second-order valence-electron chi connectivity index (χ2n) is 5.22. The van der Waals surface area contributed by atoms with Gasteiger partial charge < -0.3 is 0 Å². The second kappa shape index (κ2) is 6.28. The van der Waals surface area contributed by atoms with Crippen molar-refractivity contribution in [3.8, 4) is 11.1 Å². The van der Waals surface area contributed by atoms with Gasteiger partial charge in [-0.25, -0.2) is 0 Å². The fourth-order valence-corrected chi connectivity index (χ4v) is 4.44. The topological polar surface area (TPSA) is 0 Å². The number of rotatable bonds is 1. The average Bonchev–Trinajstić information content (AvgIpc) is 2.75. The van der Waals surface area contributed by atoms with Crippen LogP contribution in [0.4, 0.5) is 0 Å². The zero-order valence-corrected chi connectivity index (χ0v) is 15.6. The average molecular weight is 353 g/mol. The van der Waals surface area contributed by atoms with Crippen LogP contribution in [0.1, 0.15) is 18.1 Å². The van der Waals surface area contributed by atoms with E-state index in [1.165, 1.54) is 27.8 Å². The summed E-state index contributed by atoms with van der Waals surface area (Å²) in [4.78, 5) is 0. The van der Waals surface area contributed by atoms with Crippen molar-refractivity contribution >= 4 is 13.6 Å². The van der Waals surface area contributed by atoms with Crippen molar-refractivity contribution in [2.75, 3.05) is 0 Å². The van der Waals surface area contributed by atoms with Gasteiger partial charge in [-0.05, 0) is 14.0 Å². The Hall–Kier alpha value is -0.850. The molecule has 0 saturated heterocycles. The van der Waals surface area contributed by atoms with Crippen LogP contribution in [0.25, 0.3) is 11.1 Å². The first-order chi connectivity index (χ1) is 9.18. The van der Waals surface area contributed by atoms with Crippen molar-refractivity contribution in [3.63, 3.8) is 0 Å². The van der Waals surface area contributed by atoms with Gasteiger partial charge in [0.05, 0.1) is 0 Å². The quantitative estimate of drug-likeness (QED) is 0.530. The molecule has 0 atom stereocenters. The van der Waals surface area contributed by atoms with E-state index in [1.807, 2.05) is 0 Å². The Morgan fingerprint density at radius 2 is 1.60 bits per heavy atom. The van der Waals surface area contributed by atoms with Crippen LogP contribution in [0, 0.1) is 6.08 Å². The SMILES string of the molecule is CC1=[C-]c2cccc(-c3ccccc3)c2C1=[Si](C)C.[Zr]. The minimum Gasteiger partial charge on any atom is -0.151 e. The summed E-state index contributed by atoms with van der Waals surface area (Å²) in [7, 11) is -0.485. The summed E-state index contributed by atoms with van der Waals surface area (Å²) in [5.41, 5.74) is 6.67. The Kier molecular flexibility index (Phi) is 4.88. The summed E-state index contributed by atoms with van der Waals surface area (Å²) >= 11 is 0. The fraction of sp³-hybridized carbons (Fsp3) is 0.167. The molecule has 98 valence electrons. The van der Waals surface area contributed by atoms with Gasteiger partial charge in [0, 0.05) is 26.2 Å². The zero-order chi connectivity index (χ0) is 13.4. The monoisotopic (exact) mass is 351 g/mol. The molecule has 0 aromatic heterocycles. The fourth-order valence-electron chi connectivity index (χ4n) is 2.86. The molecule has 0 nitrogen and oxygen atoms in total. The third kappa shape index (κ3) is 2.64. The first kappa shape index (κ1) is 15.5. The van der Waals surface area contributed by atoms with Gasteiger partial charge in [0.2, 0.25) is 0 Å². The third-order valence-corrected chi connectivity index (χ3v) is 5.22. The predicted molar refractivity (Wildman–Crippen MR) is 85.0 cm³/mol. The maximum Gasteiger partial charge on any atom is 0 e. The van der Waals surface area contributed by atoms with Gasteiger partial charge in [-0.3, -0.25) is 0 Å². The van der Waals surface area contributed by atoms with E-state index in [1.54, 1.807) is 5.17 Å². The maximum absolute atomic E-state index is 3.54. The standard InChI is InChI=1S/C18H17Si.Zr/c1-13-12-15-10-7-11-16(14-8-5-4-6-9-14)17(15)18(13)19(2)3;/h4-11H,1-3H3;/q-1;. The zero-order valence-electron chi connectivity index (χ0n) is 12.1. The number of benzene rings is 2. The minimum atomic E-state index is -0.485. The van der Waals surface area contributed by atoms with Crippen molar-refractivity contribution in [2.24, 2.45) is 0 Å². The molecule has 1 aliphatic rings. The smallest absolute Gasteiger partial charge is 0 e. The molecule has 2 heteroatoms. The Morgan fingerprint density at radius 1 is 0.900 bits per heavy atom. The van der Waals surface area contributed by atoms with E-state index in [-0.39, 0.29) is 26.2 Å². The van der Waals surface area contributed by atoms with Gasteiger partial charge in [0.25, 0.3) is 0 Å². The summed E-state index contributed by atoms with van der Waals surface area (Å²) in [5, 5.41) is 1.54. The van der Waals surface area contributed by atoms with Crippen molar-refractivity contribution in [3.05, 3.63) is 71.3 Å². The molecule has 0 fully saturated rings. The molecule has 2 aromatic rings. The first-order valence-electron chi connectivity index (χ1n) is 6.65. The molecule has 0 saturated carbocycles. The molecule has 0 bridgehead atoms. The van der Waals surface area contributed by atoms with Crippen LogP contribution in [0.2, 0.25) is 13.1 Å². The van der Waals surface area contributed by atoms with Crippen molar-refractivity contribution in [1.29, 1.82) is 0 Å². The van der Waals surface area contributed by atoms with Crippen LogP contribution in [-0.4, -0.2) is 13.6 Å². The molecular weight excluding hydrogens is 336 g/mol. The summed E-state index contributed by atoms with van der Waals surface area (Å²) in [6.45, 7) is 6.92. The summed E-state index contributed by atoms with van der Waals surface area (Å²) in [6, 6.07) is 17.2. The Morgan fingerprint density at radius 3 is 2.25 bits per heavy atom. The normalized spacial score (nSPS) is 12.6. The molecule has 0 spiro atoms. The van der Waals surface area contributed by atoms with Gasteiger partial charge in [0.1, 0.15) is 0 Å². The van der Waals surface area contributed by atoms with Crippen LogP contribution in [0.15, 0.2) is 54.1 Å². The van der Waals surface area contributed by atoms with Crippen LogP contribution in [0.5, 0.6) is 0 Å². The van der Waals surface area contributed by atoms with Crippen LogP contribution >= 0.6 is 0 Å². The Balaban J connectivity index is 0.00000147. The van der Waals surface area contributed by atoms with Crippen molar-refractivity contribution < 1.29 is 26.2 Å². The van der Waals surface area contributed by atoms with E-state index in [0.717, 1.165) is 0 Å². The second-order valence-corrected chi connectivity index (χ2v) is 7.72. The number of allylic oxidation sites excluding steroid dienone is 1. The third-order valence-electron chi connectivity index (χ3n) is 3.60. The Labute approximate surface area is 141 Å². The number of hydrogen-bond acceptors (Lipinski definition) is 0. The summed E-state index contributed by atoms with van der Waals surface area (Å²) in [6.07, 6.45) is 3.54. The largest absolute Gasteiger partial charge is 0.151 e. The molecule has 0 radical (unpaired) electrons. The molecule has 1 aliphatic carbocycles. The minimum absolute atomic E-state index is 0. The van der Waals surface area contributed by atoms with Crippen LogP contribution in [-0.2, 0) is 26.2 Å². The molecule has 0 amide bonds. The van der Waals surface area contributed by atoms with E-state index in [2.05, 4.69) is 74.6 Å². The molecule has 3 rings (SSSR count). The summed E-state index contributed by atoms with van der Waals surface area (Å²) in [5.74, 6) is 0. The molecule has 0 N–H and O–H groups in total. The number of fused-ring (bicyclic) bond motifs is 1. The molecule has 0 aliphatic heterocycles. The molecular formula is C18H17SiZr-. The molecule has 20 heavy (non-hydrogen) atoms. The molecule has 0 unspecified atom stereocenters. The van der Waals surface area contributed by atoms with E-state index in [4.69, 9.17) is 0 Å². The van der Waals surface area contributed by atoms with Crippen molar-refractivity contribution in [2.45, 2.75) is 20.0 Å². The maximum atomic E-state index is 3.54. The number of hydrogen-bond donors (Lipinski definition) is 0. The van der Waals surface area contributed by atoms with Gasteiger partial charge in [0.15, 0.2) is 0 Å². The first-order valence-corrected chi connectivity index (χ1v) is 9.15. The van der Waals surface area contributed by atoms with Gasteiger partial charge >= 0.3 is 0 Å². The van der Waals surface area contributed by atoms with Gasteiger partial charge in [-0.1, -0.05) is 62.0 Å². The van der Waals surface area contributed by atoms with Gasteiger partial charge in [-0.15, -0.1) is 34.5 Å². The molecule has 0 heterocycles. The van der Waals surface area contributed by atoms with E-state index in [0.29, 0.717) is 0 Å². The van der Waals surface area contributed by atoms with Gasteiger partial charge in [-0.2, -0.15) is 5.56 Å². The van der Waals surface area contributed by atoms with E-state index in [9.17, 15) is 0 Å². The van der Waals surface area contributed by atoms with E-state index < -0.39 is 8.41 Å². The van der Waals surface area contributed by atoms with Crippen molar-refractivity contribution in [1.82, 2.24) is 0 Å². The summed E-state index contributed by atoms with van der Waals surface area (Å²) < 4.78 is 0. The molecule has 2 aromatic carbocycles. The Bertz CT molecular complexity index is 693. The van der Waals surface area contributed by atoms with E-state index >= 15 is 0 Å². The van der Waals surface area contributed by atoms with Crippen LogP contribution < -0.4 is 0 Å². The van der Waals surface area contributed by atoms with Crippen LogP contribution in [0.3, 0.4) is 0 Å². The predicted octanol–water partition coefficient (Wildman–Crippen LogP) is 4.32.